The van der Waals surface area contributed by atoms with E-state index in [1.165, 1.54) is 5.56 Å². The molecule has 0 spiro atoms. The second-order valence-corrected chi connectivity index (χ2v) is 5.39. The molecule has 0 radical (unpaired) electrons. The predicted molar refractivity (Wildman–Crippen MR) is 73.6 cm³/mol. The third-order valence-corrected chi connectivity index (χ3v) is 3.94. The van der Waals surface area contributed by atoms with Gasteiger partial charge >= 0.3 is 0 Å². The van der Waals surface area contributed by atoms with Crippen molar-refractivity contribution in [1.82, 2.24) is 9.97 Å². The van der Waals surface area contributed by atoms with E-state index in [1.807, 2.05) is 0 Å². The second kappa shape index (κ2) is 4.98. The molecule has 1 unspecified atom stereocenters. The molecule has 2 rings (SSSR count). The normalized spacial score (nSPS) is 12.9. The lowest BCUT2D eigenvalue weighted by atomic mass is 10.2. The van der Waals surface area contributed by atoms with Gasteiger partial charge in [0.1, 0.15) is 12.1 Å². The zero-order valence-electron chi connectivity index (χ0n) is 10.5. The van der Waals surface area contributed by atoms with E-state index in [1.54, 1.807) is 17.7 Å². The summed E-state index contributed by atoms with van der Waals surface area (Å²) in [6.45, 7) is 5.84. The molecule has 5 heteroatoms. The maximum absolute atomic E-state index is 5.66. The second-order valence-electron chi connectivity index (χ2n) is 4.52. The van der Waals surface area contributed by atoms with Crippen molar-refractivity contribution in [2.45, 2.75) is 13.8 Å². The highest BCUT2D eigenvalue weighted by Crippen LogP contribution is 2.30. The first-order chi connectivity index (χ1) is 8.13. The zero-order chi connectivity index (χ0) is 12.4. The van der Waals surface area contributed by atoms with Gasteiger partial charge in [0.2, 0.25) is 0 Å². The number of hydrogen-bond donors (Lipinski definition) is 1. The summed E-state index contributed by atoms with van der Waals surface area (Å²) < 4.78 is 1.16. The molecule has 0 saturated heterocycles. The number of hydrogen-bond acceptors (Lipinski definition) is 5. The first kappa shape index (κ1) is 12.3. The van der Waals surface area contributed by atoms with Crippen LogP contribution >= 0.6 is 11.3 Å². The lowest BCUT2D eigenvalue weighted by Gasteiger charge is -2.21. The van der Waals surface area contributed by atoms with Gasteiger partial charge in [0.15, 0.2) is 0 Å². The van der Waals surface area contributed by atoms with Crippen molar-refractivity contribution in [1.29, 1.82) is 0 Å². The molecule has 0 aliphatic heterocycles. The number of fused-ring (bicyclic) bond motifs is 1. The Morgan fingerprint density at radius 1 is 1.47 bits per heavy atom. The predicted octanol–water partition coefficient (Wildman–Crippen LogP) is 2.03. The summed E-state index contributed by atoms with van der Waals surface area (Å²) in [7, 11) is 2.06. The quantitative estimate of drug-likeness (QED) is 0.902. The van der Waals surface area contributed by atoms with E-state index < -0.39 is 0 Å². The van der Waals surface area contributed by atoms with Gasteiger partial charge in [-0.1, -0.05) is 6.92 Å². The Labute approximate surface area is 105 Å². The SMILES string of the molecule is Cc1csc2c(N(C)CC(C)CN)ncnc12. The Balaban J connectivity index is 2.34. The fourth-order valence-electron chi connectivity index (χ4n) is 1.86. The Hall–Kier alpha value is -1.20. The van der Waals surface area contributed by atoms with E-state index in [9.17, 15) is 0 Å². The number of nitrogens with zero attached hydrogens (tertiary/aromatic N) is 3. The number of thiophene rings is 1. The Morgan fingerprint density at radius 3 is 2.94 bits per heavy atom. The molecular formula is C12H18N4S. The van der Waals surface area contributed by atoms with Crippen molar-refractivity contribution in [3.63, 3.8) is 0 Å². The van der Waals surface area contributed by atoms with Crippen LogP contribution in [0.4, 0.5) is 5.82 Å². The standard InChI is InChI=1S/C12H18N4S/c1-8(4-13)5-16(3)12-11-10(14-7-15-12)9(2)6-17-11/h6-8H,4-5,13H2,1-3H3. The number of aryl methyl sites for hydroxylation is 1. The highest BCUT2D eigenvalue weighted by Gasteiger charge is 2.13. The summed E-state index contributed by atoms with van der Waals surface area (Å²) in [5, 5.41) is 2.13. The molecule has 0 aromatic carbocycles. The number of anilines is 1. The van der Waals surface area contributed by atoms with Crippen LogP contribution in [0.1, 0.15) is 12.5 Å². The van der Waals surface area contributed by atoms with E-state index in [-0.39, 0.29) is 0 Å². The lowest BCUT2D eigenvalue weighted by Crippen LogP contribution is -2.28. The molecule has 0 saturated carbocycles. The van der Waals surface area contributed by atoms with E-state index in [4.69, 9.17) is 5.73 Å². The first-order valence-electron chi connectivity index (χ1n) is 5.73. The molecule has 17 heavy (non-hydrogen) atoms. The topological polar surface area (TPSA) is 55.0 Å². The summed E-state index contributed by atoms with van der Waals surface area (Å²) in [6.07, 6.45) is 1.64. The van der Waals surface area contributed by atoms with Crippen LogP contribution in [0.3, 0.4) is 0 Å². The van der Waals surface area contributed by atoms with Gasteiger partial charge in [-0.25, -0.2) is 9.97 Å². The Kier molecular flexibility index (Phi) is 3.59. The minimum atomic E-state index is 0.464. The first-order valence-corrected chi connectivity index (χ1v) is 6.61. The molecule has 2 N–H and O–H groups in total. The fraction of sp³-hybridized carbons (Fsp3) is 0.500. The molecule has 4 nitrogen and oxygen atoms in total. The molecule has 0 aliphatic carbocycles. The van der Waals surface area contributed by atoms with E-state index >= 15 is 0 Å². The van der Waals surface area contributed by atoms with Crippen LogP contribution in [0.25, 0.3) is 10.2 Å². The summed E-state index contributed by atoms with van der Waals surface area (Å²) in [6, 6.07) is 0. The van der Waals surface area contributed by atoms with Crippen LogP contribution in [0.2, 0.25) is 0 Å². The monoisotopic (exact) mass is 250 g/mol. The molecule has 0 fully saturated rings. The maximum atomic E-state index is 5.66. The Morgan fingerprint density at radius 2 is 2.24 bits per heavy atom. The summed E-state index contributed by atoms with van der Waals surface area (Å²) in [4.78, 5) is 10.9. The molecule has 0 aliphatic rings. The van der Waals surface area contributed by atoms with Crippen molar-refractivity contribution < 1.29 is 0 Å². The lowest BCUT2D eigenvalue weighted by molar-refractivity contribution is 0.588. The number of rotatable bonds is 4. The van der Waals surface area contributed by atoms with Crippen molar-refractivity contribution in [3.05, 3.63) is 17.3 Å². The van der Waals surface area contributed by atoms with E-state index in [0.717, 1.165) is 22.6 Å². The molecule has 2 aromatic rings. The van der Waals surface area contributed by atoms with Crippen LogP contribution in [0.15, 0.2) is 11.7 Å². The molecule has 1 atom stereocenters. The largest absolute Gasteiger partial charge is 0.358 e. The highest BCUT2D eigenvalue weighted by atomic mass is 32.1. The van der Waals surface area contributed by atoms with Gasteiger partial charge in [-0.3, -0.25) is 0 Å². The minimum Gasteiger partial charge on any atom is -0.358 e. The summed E-state index contributed by atoms with van der Waals surface area (Å²) in [5.41, 5.74) is 7.94. The molecule has 0 bridgehead atoms. The van der Waals surface area contributed by atoms with Gasteiger partial charge in [0, 0.05) is 13.6 Å². The molecule has 2 aromatic heterocycles. The fourth-order valence-corrected chi connectivity index (χ4v) is 2.90. The van der Waals surface area contributed by atoms with Crippen molar-refractivity contribution in [2.75, 3.05) is 25.0 Å². The van der Waals surface area contributed by atoms with E-state index in [0.29, 0.717) is 12.5 Å². The van der Waals surface area contributed by atoms with Crippen LogP contribution in [0.5, 0.6) is 0 Å². The van der Waals surface area contributed by atoms with Gasteiger partial charge in [0.25, 0.3) is 0 Å². The van der Waals surface area contributed by atoms with Gasteiger partial charge < -0.3 is 10.6 Å². The van der Waals surface area contributed by atoms with Crippen LogP contribution in [-0.2, 0) is 0 Å². The van der Waals surface area contributed by atoms with Crippen molar-refractivity contribution >= 4 is 27.4 Å². The van der Waals surface area contributed by atoms with Crippen molar-refractivity contribution in [2.24, 2.45) is 11.7 Å². The van der Waals surface area contributed by atoms with Gasteiger partial charge in [-0.05, 0) is 30.3 Å². The summed E-state index contributed by atoms with van der Waals surface area (Å²) in [5.74, 6) is 1.47. The average molecular weight is 250 g/mol. The van der Waals surface area contributed by atoms with Crippen molar-refractivity contribution in [3.8, 4) is 0 Å². The molecular weight excluding hydrogens is 232 g/mol. The van der Waals surface area contributed by atoms with Crippen LogP contribution in [-0.4, -0.2) is 30.1 Å². The van der Waals surface area contributed by atoms with Crippen LogP contribution < -0.4 is 10.6 Å². The number of aromatic nitrogens is 2. The van der Waals surface area contributed by atoms with Gasteiger partial charge in [0.05, 0.1) is 10.2 Å². The molecule has 92 valence electrons. The van der Waals surface area contributed by atoms with Crippen LogP contribution in [0, 0.1) is 12.8 Å². The van der Waals surface area contributed by atoms with E-state index in [2.05, 4.69) is 41.1 Å². The maximum Gasteiger partial charge on any atom is 0.149 e. The molecule has 2 heterocycles. The van der Waals surface area contributed by atoms with Gasteiger partial charge in [-0.15, -0.1) is 11.3 Å². The minimum absolute atomic E-state index is 0.464. The Bertz CT molecular complexity index is 508. The zero-order valence-corrected chi connectivity index (χ0v) is 11.3. The van der Waals surface area contributed by atoms with Gasteiger partial charge in [-0.2, -0.15) is 0 Å². The third kappa shape index (κ3) is 2.40. The smallest absolute Gasteiger partial charge is 0.149 e. The average Bonchev–Trinajstić information content (AvgIpc) is 2.71. The highest BCUT2D eigenvalue weighted by molar-refractivity contribution is 7.18. The summed E-state index contributed by atoms with van der Waals surface area (Å²) >= 11 is 1.71. The molecule has 0 amide bonds. The third-order valence-electron chi connectivity index (χ3n) is 2.86. The number of nitrogens with two attached hydrogens (primary N) is 1.